The number of hydrogen-bond donors (Lipinski definition) is 3. The van der Waals surface area contributed by atoms with Crippen LogP contribution in [-0.2, 0) is 14.9 Å². The second kappa shape index (κ2) is 8.44. The highest BCUT2D eigenvalue weighted by Crippen LogP contribution is 2.39. The van der Waals surface area contributed by atoms with Crippen LogP contribution in [-0.4, -0.2) is 35.0 Å². The summed E-state index contributed by atoms with van der Waals surface area (Å²) in [5.74, 6) is -0.334. The summed E-state index contributed by atoms with van der Waals surface area (Å²) in [6.07, 6.45) is 9.23. The fourth-order valence-corrected chi connectivity index (χ4v) is 4.41. The molecule has 0 radical (unpaired) electrons. The predicted octanol–water partition coefficient (Wildman–Crippen LogP) is 3.46. The van der Waals surface area contributed by atoms with E-state index >= 15 is 0 Å². The van der Waals surface area contributed by atoms with E-state index in [1.165, 1.54) is 12.0 Å². The van der Waals surface area contributed by atoms with Crippen LogP contribution in [0.4, 0.5) is 5.69 Å². The van der Waals surface area contributed by atoms with Gasteiger partial charge >= 0.3 is 0 Å². The molecule has 1 saturated heterocycles. The van der Waals surface area contributed by atoms with Crippen LogP contribution in [0.25, 0.3) is 5.57 Å². The molecule has 1 aromatic carbocycles. The number of aryl methyl sites for hydroxylation is 1. The maximum Gasteiger partial charge on any atom is 0.291 e. The molecule has 1 aliphatic carbocycles. The van der Waals surface area contributed by atoms with Crippen LogP contribution in [0, 0.1) is 6.92 Å². The molecule has 0 bridgehead atoms. The Morgan fingerprint density at radius 2 is 2.03 bits per heavy atom. The number of nitrogens with two attached hydrogens (primary N) is 1. The SMILES string of the molecule is Cc1cnc(C(=O)Nc2ccc(C3(C(N)=O)CCOCC3)cc2C2=CCCCC2)[nH]1. The van der Waals surface area contributed by atoms with Gasteiger partial charge in [0.2, 0.25) is 5.91 Å². The number of nitrogens with zero attached hydrogens (tertiary/aromatic N) is 1. The molecule has 0 saturated carbocycles. The lowest BCUT2D eigenvalue weighted by Crippen LogP contribution is -2.45. The van der Waals surface area contributed by atoms with E-state index < -0.39 is 5.41 Å². The van der Waals surface area contributed by atoms with Crippen molar-refractivity contribution >= 4 is 23.1 Å². The van der Waals surface area contributed by atoms with E-state index in [4.69, 9.17) is 10.5 Å². The lowest BCUT2D eigenvalue weighted by atomic mass is 9.72. The molecule has 0 atom stereocenters. The van der Waals surface area contributed by atoms with Gasteiger partial charge < -0.3 is 20.8 Å². The lowest BCUT2D eigenvalue weighted by Gasteiger charge is -2.35. The monoisotopic (exact) mass is 408 g/mol. The molecule has 1 fully saturated rings. The van der Waals surface area contributed by atoms with Crippen LogP contribution < -0.4 is 11.1 Å². The molecule has 0 spiro atoms. The largest absolute Gasteiger partial charge is 0.381 e. The second-order valence-electron chi connectivity index (χ2n) is 8.16. The molecule has 2 aliphatic rings. The molecule has 2 heterocycles. The van der Waals surface area contributed by atoms with Crippen molar-refractivity contribution in [1.82, 2.24) is 9.97 Å². The number of rotatable bonds is 5. The molecule has 158 valence electrons. The number of H-pyrrole nitrogens is 1. The summed E-state index contributed by atoms with van der Waals surface area (Å²) in [7, 11) is 0. The number of nitrogens with one attached hydrogen (secondary N) is 2. The van der Waals surface area contributed by atoms with E-state index in [-0.39, 0.29) is 17.6 Å². The molecule has 1 aromatic heterocycles. The number of hydrogen-bond acceptors (Lipinski definition) is 4. The van der Waals surface area contributed by atoms with Gasteiger partial charge in [-0.1, -0.05) is 12.1 Å². The summed E-state index contributed by atoms with van der Waals surface area (Å²) in [4.78, 5) is 32.3. The molecule has 2 aromatic rings. The molecule has 0 unspecified atom stereocenters. The third-order valence-corrected chi connectivity index (χ3v) is 6.19. The Hall–Kier alpha value is -2.93. The van der Waals surface area contributed by atoms with Crippen molar-refractivity contribution in [2.24, 2.45) is 5.73 Å². The first-order valence-corrected chi connectivity index (χ1v) is 10.5. The Bertz CT molecular complexity index is 986. The molecule has 4 N–H and O–H groups in total. The van der Waals surface area contributed by atoms with Gasteiger partial charge in [0.1, 0.15) is 0 Å². The van der Waals surface area contributed by atoms with E-state index in [1.807, 2.05) is 25.1 Å². The number of allylic oxidation sites excluding steroid dienone is 2. The minimum absolute atomic E-state index is 0.276. The molecule has 30 heavy (non-hydrogen) atoms. The quantitative estimate of drug-likeness (QED) is 0.704. The standard InChI is InChI=1S/C23H28N4O3/c1-15-14-25-20(26-15)21(28)27-19-8-7-17(13-18(19)16-5-3-2-4-6-16)23(22(24)29)9-11-30-12-10-23/h5,7-8,13-14H,2-4,6,9-12H2,1H3,(H2,24,29)(H,25,26)(H,27,28). The lowest BCUT2D eigenvalue weighted by molar-refractivity contribution is -0.127. The van der Waals surface area contributed by atoms with Gasteiger partial charge in [0.25, 0.3) is 5.91 Å². The third-order valence-electron chi connectivity index (χ3n) is 6.19. The predicted molar refractivity (Wildman–Crippen MR) is 115 cm³/mol. The number of benzene rings is 1. The summed E-state index contributed by atoms with van der Waals surface area (Å²) < 4.78 is 5.48. The average Bonchev–Trinajstić information content (AvgIpc) is 3.21. The first kappa shape index (κ1) is 20.3. The Balaban J connectivity index is 1.74. The highest BCUT2D eigenvalue weighted by molar-refractivity contribution is 6.03. The molecular formula is C23H28N4O3. The van der Waals surface area contributed by atoms with Gasteiger partial charge in [-0.2, -0.15) is 0 Å². The zero-order chi connectivity index (χ0) is 21.1. The van der Waals surface area contributed by atoms with Crippen molar-refractivity contribution < 1.29 is 14.3 Å². The molecule has 1 aliphatic heterocycles. The minimum Gasteiger partial charge on any atom is -0.381 e. The van der Waals surface area contributed by atoms with Crippen LogP contribution in [0.15, 0.2) is 30.5 Å². The third kappa shape index (κ3) is 3.89. The number of imidazole rings is 1. The topological polar surface area (TPSA) is 110 Å². The van der Waals surface area contributed by atoms with Crippen LogP contribution >= 0.6 is 0 Å². The van der Waals surface area contributed by atoms with Crippen LogP contribution in [0.2, 0.25) is 0 Å². The van der Waals surface area contributed by atoms with Crippen molar-refractivity contribution in [2.45, 2.75) is 50.9 Å². The molecule has 2 amide bonds. The highest BCUT2D eigenvalue weighted by Gasteiger charge is 2.40. The fraction of sp³-hybridized carbons (Fsp3) is 0.435. The van der Waals surface area contributed by atoms with Gasteiger partial charge in [-0.25, -0.2) is 4.98 Å². The summed E-state index contributed by atoms with van der Waals surface area (Å²) in [6, 6.07) is 5.83. The normalized spacial score (nSPS) is 18.5. The Morgan fingerprint density at radius 3 is 2.67 bits per heavy atom. The first-order chi connectivity index (χ1) is 14.5. The first-order valence-electron chi connectivity index (χ1n) is 10.5. The minimum atomic E-state index is -0.733. The molecule has 7 nitrogen and oxygen atoms in total. The van der Waals surface area contributed by atoms with Crippen LogP contribution in [0.1, 0.15) is 66.0 Å². The maximum absolute atomic E-state index is 12.7. The maximum atomic E-state index is 12.7. The second-order valence-corrected chi connectivity index (χ2v) is 8.16. The summed E-state index contributed by atoms with van der Waals surface area (Å²) >= 11 is 0. The molecule has 7 heteroatoms. The zero-order valence-electron chi connectivity index (χ0n) is 17.3. The number of aromatic nitrogens is 2. The van der Waals surface area contributed by atoms with Crippen molar-refractivity contribution in [2.75, 3.05) is 18.5 Å². The van der Waals surface area contributed by atoms with Gasteiger partial charge in [0.15, 0.2) is 5.82 Å². The number of anilines is 1. The molecular weight excluding hydrogens is 380 g/mol. The van der Waals surface area contributed by atoms with E-state index in [1.54, 1.807) is 6.20 Å². The van der Waals surface area contributed by atoms with Crippen LogP contribution in [0.5, 0.6) is 0 Å². The number of primary amides is 1. The van der Waals surface area contributed by atoms with Crippen molar-refractivity contribution in [3.63, 3.8) is 0 Å². The van der Waals surface area contributed by atoms with E-state index in [2.05, 4.69) is 21.4 Å². The number of carbonyl (C=O) groups is 2. The Kier molecular flexibility index (Phi) is 5.72. The van der Waals surface area contributed by atoms with Crippen molar-refractivity contribution in [3.8, 4) is 0 Å². The Labute approximate surface area is 176 Å². The highest BCUT2D eigenvalue weighted by atomic mass is 16.5. The van der Waals surface area contributed by atoms with Crippen LogP contribution in [0.3, 0.4) is 0 Å². The summed E-state index contributed by atoms with van der Waals surface area (Å²) in [5.41, 5.74) is 9.73. The molecule has 4 rings (SSSR count). The van der Waals surface area contributed by atoms with Gasteiger partial charge in [0, 0.05) is 36.4 Å². The number of carbonyl (C=O) groups excluding carboxylic acids is 2. The smallest absolute Gasteiger partial charge is 0.291 e. The average molecular weight is 409 g/mol. The van der Waals surface area contributed by atoms with E-state index in [0.717, 1.165) is 41.8 Å². The number of aromatic amines is 1. The van der Waals surface area contributed by atoms with Crippen molar-refractivity contribution in [1.29, 1.82) is 0 Å². The zero-order valence-corrected chi connectivity index (χ0v) is 17.3. The summed E-state index contributed by atoms with van der Waals surface area (Å²) in [5, 5.41) is 2.99. The van der Waals surface area contributed by atoms with Gasteiger partial charge in [0.05, 0.1) is 5.41 Å². The summed E-state index contributed by atoms with van der Waals surface area (Å²) in [6.45, 7) is 2.88. The number of ether oxygens (including phenoxy) is 1. The van der Waals surface area contributed by atoms with Gasteiger partial charge in [-0.05, 0) is 68.7 Å². The van der Waals surface area contributed by atoms with Crippen molar-refractivity contribution in [3.05, 3.63) is 53.1 Å². The fourth-order valence-electron chi connectivity index (χ4n) is 4.41. The van der Waals surface area contributed by atoms with Gasteiger partial charge in [-0.15, -0.1) is 0 Å². The van der Waals surface area contributed by atoms with E-state index in [0.29, 0.717) is 26.1 Å². The van der Waals surface area contributed by atoms with E-state index in [9.17, 15) is 9.59 Å². The number of amides is 2. The Morgan fingerprint density at radius 1 is 1.23 bits per heavy atom. The van der Waals surface area contributed by atoms with Gasteiger partial charge in [-0.3, -0.25) is 9.59 Å².